The Labute approximate surface area is 161 Å². The monoisotopic (exact) mass is 390 g/mol. The van der Waals surface area contributed by atoms with E-state index < -0.39 is 10.0 Å². The molecule has 1 saturated heterocycles. The lowest BCUT2D eigenvalue weighted by molar-refractivity contribution is 0.391. The standard InChI is InChI=1S/C20H26N2O2S2/c1-15-9-11-16(12-10-15)26(23,24)22-14-6-8-18(22)17-7-5-13-21-19(17)25-20(2,3)4/h5,7,9-13,18H,6,8,14H2,1-4H3/t18-/m0/s1. The molecule has 0 spiro atoms. The van der Waals surface area contributed by atoms with Crippen molar-refractivity contribution in [3.05, 3.63) is 53.7 Å². The number of aromatic nitrogens is 1. The molecule has 140 valence electrons. The average Bonchev–Trinajstić information content (AvgIpc) is 3.04. The van der Waals surface area contributed by atoms with Gasteiger partial charge in [-0.2, -0.15) is 4.31 Å². The first-order valence-electron chi connectivity index (χ1n) is 8.91. The van der Waals surface area contributed by atoms with Crippen LogP contribution in [0, 0.1) is 6.92 Å². The van der Waals surface area contributed by atoms with Gasteiger partial charge in [-0.25, -0.2) is 13.4 Å². The molecule has 1 atom stereocenters. The maximum Gasteiger partial charge on any atom is 0.243 e. The van der Waals surface area contributed by atoms with Crippen molar-refractivity contribution in [3.63, 3.8) is 0 Å². The number of pyridine rings is 1. The van der Waals surface area contributed by atoms with Gasteiger partial charge in [0.2, 0.25) is 10.0 Å². The van der Waals surface area contributed by atoms with Crippen molar-refractivity contribution in [1.29, 1.82) is 0 Å². The fourth-order valence-electron chi connectivity index (χ4n) is 3.22. The molecule has 0 radical (unpaired) electrons. The van der Waals surface area contributed by atoms with Gasteiger partial charge < -0.3 is 0 Å². The minimum absolute atomic E-state index is 0.0162. The van der Waals surface area contributed by atoms with Gasteiger partial charge in [0.25, 0.3) is 0 Å². The summed E-state index contributed by atoms with van der Waals surface area (Å²) in [6, 6.07) is 10.9. The Hall–Kier alpha value is -1.37. The Balaban J connectivity index is 1.98. The van der Waals surface area contributed by atoms with E-state index in [0.29, 0.717) is 11.4 Å². The Morgan fingerprint density at radius 3 is 2.50 bits per heavy atom. The molecular weight excluding hydrogens is 364 g/mol. The molecule has 1 aromatic carbocycles. The molecule has 0 bridgehead atoms. The second-order valence-corrected chi connectivity index (χ2v) is 11.4. The summed E-state index contributed by atoms with van der Waals surface area (Å²) in [6.45, 7) is 8.94. The van der Waals surface area contributed by atoms with Gasteiger partial charge in [0.15, 0.2) is 0 Å². The number of benzene rings is 1. The van der Waals surface area contributed by atoms with Gasteiger partial charge in [0.05, 0.1) is 10.9 Å². The van der Waals surface area contributed by atoms with Crippen LogP contribution in [0.15, 0.2) is 52.5 Å². The van der Waals surface area contributed by atoms with E-state index in [2.05, 4.69) is 25.8 Å². The van der Waals surface area contributed by atoms with Crippen molar-refractivity contribution in [2.24, 2.45) is 0 Å². The number of nitrogens with zero attached hydrogens (tertiary/aromatic N) is 2. The van der Waals surface area contributed by atoms with Crippen molar-refractivity contribution in [2.45, 2.75) is 61.2 Å². The number of sulfonamides is 1. The molecule has 2 heterocycles. The van der Waals surface area contributed by atoms with Crippen molar-refractivity contribution < 1.29 is 8.42 Å². The lowest BCUT2D eigenvalue weighted by Gasteiger charge is -2.27. The van der Waals surface area contributed by atoms with E-state index in [0.717, 1.165) is 29.0 Å². The number of hydrogen-bond donors (Lipinski definition) is 0. The number of aryl methyl sites for hydroxylation is 1. The number of rotatable bonds is 4. The zero-order valence-electron chi connectivity index (χ0n) is 15.8. The first-order valence-corrected chi connectivity index (χ1v) is 11.2. The van der Waals surface area contributed by atoms with Crippen LogP contribution >= 0.6 is 11.8 Å². The maximum atomic E-state index is 13.2. The summed E-state index contributed by atoms with van der Waals surface area (Å²) in [5.41, 5.74) is 2.07. The van der Waals surface area contributed by atoms with E-state index in [4.69, 9.17) is 0 Å². The zero-order valence-corrected chi connectivity index (χ0v) is 17.4. The van der Waals surface area contributed by atoms with Crippen molar-refractivity contribution >= 4 is 21.8 Å². The average molecular weight is 391 g/mol. The van der Waals surface area contributed by atoms with Gasteiger partial charge in [-0.1, -0.05) is 44.5 Å². The van der Waals surface area contributed by atoms with Crippen LogP contribution in [0.4, 0.5) is 0 Å². The maximum absolute atomic E-state index is 13.2. The number of thioether (sulfide) groups is 1. The predicted molar refractivity (Wildman–Crippen MR) is 107 cm³/mol. The Kier molecular flexibility index (Phi) is 5.47. The van der Waals surface area contributed by atoms with E-state index in [1.807, 2.05) is 31.2 Å². The van der Waals surface area contributed by atoms with Crippen LogP contribution in [0.2, 0.25) is 0 Å². The molecule has 1 aliphatic heterocycles. The van der Waals surface area contributed by atoms with Crippen molar-refractivity contribution in [2.75, 3.05) is 6.54 Å². The van der Waals surface area contributed by atoms with E-state index >= 15 is 0 Å². The molecule has 0 N–H and O–H groups in total. The van der Waals surface area contributed by atoms with Gasteiger partial charge in [0, 0.05) is 23.1 Å². The summed E-state index contributed by atoms with van der Waals surface area (Å²) in [5, 5.41) is 0.927. The van der Waals surface area contributed by atoms with Crippen molar-refractivity contribution in [1.82, 2.24) is 9.29 Å². The molecule has 0 aliphatic carbocycles. The fraction of sp³-hybridized carbons (Fsp3) is 0.450. The van der Waals surface area contributed by atoms with Gasteiger partial charge in [-0.05, 0) is 38.0 Å². The highest BCUT2D eigenvalue weighted by atomic mass is 32.2. The SMILES string of the molecule is Cc1ccc(S(=O)(=O)N2CCC[C@H]2c2cccnc2SC(C)(C)C)cc1. The summed E-state index contributed by atoms with van der Waals surface area (Å²) in [4.78, 5) is 4.92. The fourth-order valence-corrected chi connectivity index (χ4v) is 5.91. The zero-order chi connectivity index (χ0) is 18.9. The summed E-state index contributed by atoms with van der Waals surface area (Å²) < 4.78 is 28.1. The van der Waals surface area contributed by atoms with Crippen LogP contribution in [0.5, 0.6) is 0 Å². The largest absolute Gasteiger partial charge is 0.250 e. The smallest absolute Gasteiger partial charge is 0.243 e. The molecular formula is C20H26N2O2S2. The minimum atomic E-state index is -3.52. The minimum Gasteiger partial charge on any atom is -0.250 e. The lowest BCUT2D eigenvalue weighted by Crippen LogP contribution is -2.31. The predicted octanol–water partition coefficient (Wildman–Crippen LogP) is 4.81. The van der Waals surface area contributed by atoms with Gasteiger partial charge in [-0.3, -0.25) is 0 Å². The molecule has 2 aromatic rings. The first-order chi connectivity index (χ1) is 12.2. The third-order valence-electron chi connectivity index (χ3n) is 4.39. The van der Waals surface area contributed by atoms with Crippen LogP contribution in [-0.4, -0.2) is 29.0 Å². The van der Waals surface area contributed by atoms with Crippen LogP contribution in [0.25, 0.3) is 0 Å². The topological polar surface area (TPSA) is 50.3 Å². The molecule has 4 nitrogen and oxygen atoms in total. The molecule has 1 fully saturated rings. The quantitative estimate of drug-likeness (QED) is 0.703. The van der Waals surface area contributed by atoms with Gasteiger partial charge >= 0.3 is 0 Å². The third-order valence-corrected chi connectivity index (χ3v) is 7.46. The van der Waals surface area contributed by atoms with Crippen LogP contribution in [-0.2, 0) is 10.0 Å². The van der Waals surface area contributed by atoms with Gasteiger partial charge in [-0.15, -0.1) is 11.8 Å². The Morgan fingerprint density at radius 2 is 1.85 bits per heavy atom. The molecule has 0 saturated carbocycles. The molecule has 6 heteroatoms. The summed E-state index contributed by atoms with van der Waals surface area (Å²) in [7, 11) is -3.52. The second kappa shape index (κ2) is 7.33. The summed E-state index contributed by atoms with van der Waals surface area (Å²) >= 11 is 1.69. The van der Waals surface area contributed by atoms with Crippen LogP contribution < -0.4 is 0 Å². The van der Waals surface area contributed by atoms with E-state index in [1.54, 1.807) is 34.4 Å². The first kappa shape index (κ1) is 19.4. The Bertz CT molecular complexity index is 871. The normalized spacial score (nSPS) is 19.0. The Morgan fingerprint density at radius 1 is 1.15 bits per heavy atom. The van der Waals surface area contributed by atoms with E-state index in [9.17, 15) is 8.42 Å². The van der Waals surface area contributed by atoms with E-state index in [-0.39, 0.29) is 10.8 Å². The molecule has 1 aliphatic rings. The molecule has 26 heavy (non-hydrogen) atoms. The second-order valence-electron chi connectivity index (χ2n) is 7.70. The molecule has 0 unspecified atom stereocenters. The molecule has 0 amide bonds. The van der Waals surface area contributed by atoms with Crippen LogP contribution in [0.3, 0.4) is 0 Å². The lowest BCUT2D eigenvalue weighted by atomic mass is 10.1. The van der Waals surface area contributed by atoms with Gasteiger partial charge in [0.1, 0.15) is 5.03 Å². The molecule has 3 rings (SSSR count). The summed E-state index contributed by atoms with van der Waals surface area (Å²) in [5.74, 6) is 0. The highest BCUT2D eigenvalue weighted by Gasteiger charge is 2.37. The van der Waals surface area contributed by atoms with Crippen molar-refractivity contribution in [3.8, 4) is 0 Å². The summed E-state index contributed by atoms with van der Waals surface area (Å²) in [6.07, 6.45) is 3.48. The van der Waals surface area contributed by atoms with Crippen LogP contribution in [0.1, 0.15) is 50.8 Å². The number of hydrogen-bond acceptors (Lipinski definition) is 4. The highest BCUT2D eigenvalue weighted by Crippen LogP contribution is 2.42. The molecule has 1 aromatic heterocycles. The third kappa shape index (κ3) is 4.13. The van der Waals surface area contributed by atoms with E-state index in [1.165, 1.54) is 0 Å². The highest BCUT2D eigenvalue weighted by molar-refractivity contribution is 8.00.